The Morgan fingerprint density at radius 1 is 0.806 bits per heavy atom. The molecular formula is C26H25NO4. The molecule has 1 saturated carbocycles. The number of carbonyl (C=O) groups is 1. The number of benzene rings is 3. The van der Waals surface area contributed by atoms with Crippen LogP contribution in [0.5, 0.6) is 17.2 Å². The molecule has 1 aliphatic carbocycles. The number of methoxy groups -OCH3 is 2. The van der Waals surface area contributed by atoms with E-state index in [9.17, 15) is 4.79 Å². The Morgan fingerprint density at radius 2 is 1.42 bits per heavy atom. The average Bonchev–Trinajstić information content (AvgIpc) is 3.62. The van der Waals surface area contributed by atoms with Gasteiger partial charge < -0.3 is 19.1 Å². The smallest absolute Gasteiger partial charge is 0.231 e. The van der Waals surface area contributed by atoms with Crippen molar-refractivity contribution in [2.45, 2.75) is 25.5 Å². The molecule has 2 unspecified atom stereocenters. The number of carbonyl (C=O) groups excluding carboxylic acids is 1. The van der Waals surface area contributed by atoms with E-state index in [0.29, 0.717) is 19.1 Å². The van der Waals surface area contributed by atoms with E-state index in [4.69, 9.17) is 14.2 Å². The lowest BCUT2D eigenvalue weighted by Crippen LogP contribution is -2.35. The molecule has 1 amide bonds. The highest BCUT2D eigenvalue weighted by atomic mass is 16.5. The van der Waals surface area contributed by atoms with E-state index in [1.54, 1.807) is 14.2 Å². The van der Waals surface area contributed by atoms with E-state index >= 15 is 0 Å². The van der Waals surface area contributed by atoms with Gasteiger partial charge in [0.25, 0.3) is 0 Å². The van der Waals surface area contributed by atoms with Crippen molar-refractivity contribution in [2.75, 3.05) is 19.1 Å². The first kappa shape index (κ1) is 19.5. The number of anilines is 1. The van der Waals surface area contributed by atoms with Crippen LogP contribution in [-0.2, 0) is 17.9 Å². The third-order valence-corrected chi connectivity index (χ3v) is 6.13. The largest absolute Gasteiger partial charge is 0.497 e. The Hall–Kier alpha value is -3.47. The third-order valence-electron chi connectivity index (χ3n) is 6.13. The maximum atomic E-state index is 13.1. The SMILES string of the molecule is COc1ccc(COc2ccc3c(c2)N(Cc2ccc(OC)cc2)C(=O)C2CC32)cc1. The minimum atomic E-state index is 0.122. The summed E-state index contributed by atoms with van der Waals surface area (Å²) in [5, 5.41) is 0. The second kappa shape index (κ2) is 7.99. The summed E-state index contributed by atoms with van der Waals surface area (Å²) in [6, 6.07) is 21.9. The zero-order chi connectivity index (χ0) is 21.4. The predicted octanol–water partition coefficient (Wildman–Crippen LogP) is 4.93. The first-order chi connectivity index (χ1) is 15.2. The number of hydrogen-bond acceptors (Lipinski definition) is 4. The summed E-state index contributed by atoms with van der Waals surface area (Å²) in [7, 11) is 3.31. The van der Waals surface area contributed by atoms with Crippen LogP contribution in [0.1, 0.15) is 29.0 Å². The van der Waals surface area contributed by atoms with Gasteiger partial charge in [-0.15, -0.1) is 0 Å². The van der Waals surface area contributed by atoms with Gasteiger partial charge in [0.1, 0.15) is 23.9 Å². The molecule has 1 heterocycles. The van der Waals surface area contributed by atoms with Crippen LogP contribution in [0.4, 0.5) is 5.69 Å². The van der Waals surface area contributed by atoms with E-state index in [1.807, 2.05) is 65.6 Å². The molecule has 3 aromatic rings. The van der Waals surface area contributed by atoms with Gasteiger partial charge in [0.15, 0.2) is 0 Å². The van der Waals surface area contributed by atoms with Crippen molar-refractivity contribution in [3.63, 3.8) is 0 Å². The van der Waals surface area contributed by atoms with Gasteiger partial charge in [-0.1, -0.05) is 30.3 Å². The van der Waals surface area contributed by atoms with Gasteiger partial charge in [-0.25, -0.2) is 0 Å². The normalized spacial score (nSPS) is 18.8. The van der Waals surface area contributed by atoms with Crippen LogP contribution in [0, 0.1) is 5.92 Å². The molecule has 3 aromatic carbocycles. The number of hydrogen-bond donors (Lipinski definition) is 0. The van der Waals surface area contributed by atoms with E-state index in [2.05, 4.69) is 6.07 Å². The number of amides is 1. The van der Waals surface area contributed by atoms with Crippen molar-refractivity contribution in [1.82, 2.24) is 0 Å². The van der Waals surface area contributed by atoms with Gasteiger partial charge in [0.2, 0.25) is 5.91 Å². The second-order valence-corrected chi connectivity index (χ2v) is 8.08. The predicted molar refractivity (Wildman–Crippen MR) is 119 cm³/mol. The molecule has 0 spiro atoms. The van der Waals surface area contributed by atoms with Crippen molar-refractivity contribution in [2.24, 2.45) is 5.92 Å². The lowest BCUT2D eigenvalue weighted by atomic mass is 10.00. The number of fused-ring (bicyclic) bond motifs is 3. The highest BCUT2D eigenvalue weighted by molar-refractivity contribution is 6.01. The number of ether oxygens (including phenoxy) is 3. The Bertz CT molecular complexity index is 1090. The quantitative estimate of drug-likeness (QED) is 0.549. The summed E-state index contributed by atoms with van der Waals surface area (Å²) < 4.78 is 16.5. The van der Waals surface area contributed by atoms with Crippen molar-refractivity contribution >= 4 is 11.6 Å². The Kier molecular flexibility index (Phi) is 5.02. The lowest BCUT2D eigenvalue weighted by molar-refractivity contribution is -0.120. The fourth-order valence-corrected chi connectivity index (χ4v) is 4.26. The van der Waals surface area contributed by atoms with E-state index in [0.717, 1.165) is 40.5 Å². The summed E-state index contributed by atoms with van der Waals surface area (Å²) in [5.41, 5.74) is 4.34. The van der Waals surface area contributed by atoms with Gasteiger partial charge in [0.05, 0.1) is 26.5 Å². The lowest BCUT2D eigenvalue weighted by Gasteiger charge is -2.29. The molecule has 5 nitrogen and oxygen atoms in total. The molecule has 2 aliphatic rings. The first-order valence-corrected chi connectivity index (χ1v) is 10.5. The summed E-state index contributed by atoms with van der Waals surface area (Å²) in [6.45, 7) is 1.00. The highest BCUT2D eigenvalue weighted by Gasteiger charge is 2.51. The van der Waals surface area contributed by atoms with Gasteiger partial charge in [-0.3, -0.25) is 4.79 Å². The minimum Gasteiger partial charge on any atom is -0.497 e. The summed E-state index contributed by atoms with van der Waals surface area (Å²) in [6.07, 6.45) is 0.941. The Balaban J connectivity index is 1.37. The van der Waals surface area contributed by atoms with Crippen molar-refractivity contribution in [3.8, 4) is 17.2 Å². The number of nitrogens with zero attached hydrogens (tertiary/aromatic N) is 1. The molecule has 0 saturated heterocycles. The zero-order valence-electron chi connectivity index (χ0n) is 17.7. The Morgan fingerprint density at radius 3 is 2.06 bits per heavy atom. The maximum Gasteiger partial charge on any atom is 0.231 e. The first-order valence-electron chi connectivity index (χ1n) is 10.5. The molecule has 0 radical (unpaired) electrons. The van der Waals surface area contributed by atoms with Gasteiger partial charge in [0, 0.05) is 12.0 Å². The van der Waals surface area contributed by atoms with Crippen LogP contribution in [-0.4, -0.2) is 20.1 Å². The monoisotopic (exact) mass is 415 g/mol. The van der Waals surface area contributed by atoms with Crippen LogP contribution in [0.25, 0.3) is 0 Å². The molecular weight excluding hydrogens is 390 g/mol. The van der Waals surface area contributed by atoms with Crippen LogP contribution in [0.3, 0.4) is 0 Å². The summed E-state index contributed by atoms with van der Waals surface area (Å²) in [5.74, 6) is 3.08. The van der Waals surface area contributed by atoms with Crippen molar-refractivity contribution in [1.29, 1.82) is 0 Å². The molecule has 0 aromatic heterocycles. The summed E-state index contributed by atoms with van der Waals surface area (Å²) in [4.78, 5) is 15.0. The molecule has 1 aliphatic heterocycles. The second-order valence-electron chi connectivity index (χ2n) is 8.08. The Labute approximate surface area is 182 Å². The van der Waals surface area contributed by atoms with Crippen LogP contribution in [0.2, 0.25) is 0 Å². The highest BCUT2D eigenvalue weighted by Crippen LogP contribution is 2.56. The number of rotatable bonds is 7. The minimum absolute atomic E-state index is 0.122. The maximum absolute atomic E-state index is 13.1. The van der Waals surface area contributed by atoms with E-state index in [-0.39, 0.29) is 11.8 Å². The fourth-order valence-electron chi connectivity index (χ4n) is 4.26. The third kappa shape index (κ3) is 3.83. The average molecular weight is 415 g/mol. The van der Waals surface area contributed by atoms with Gasteiger partial charge >= 0.3 is 0 Å². The van der Waals surface area contributed by atoms with Crippen molar-refractivity contribution in [3.05, 3.63) is 83.4 Å². The molecule has 0 N–H and O–H groups in total. The summed E-state index contributed by atoms with van der Waals surface area (Å²) >= 11 is 0. The van der Waals surface area contributed by atoms with Crippen molar-refractivity contribution < 1.29 is 19.0 Å². The van der Waals surface area contributed by atoms with Gasteiger partial charge in [-0.2, -0.15) is 0 Å². The standard InChI is InChI=1S/C26H25NO4/c1-29-19-7-3-17(4-8-19)15-27-25-13-21(11-12-22(25)23-14-24(23)26(27)28)31-16-18-5-9-20(30-2)10-6-18/h3-13,23-24H,14-16H2,1-2H3. The zero-order valence-corrected chi connectivity index (χ0v) is 17.7. The van der Waals surface area contributed by atoms with Gasteiger partial charge in [-0.05, 0) is 59.4 Å². The molecule has 0 bridgehead atoms. The molecule has 5 rings (SSSR count). The van der Waals surface area contributed by atoms with Crippen LogP contribution in [0.15, 0.2) is 66.7 Å². The molecule has 31 heavy (non-hydrogen) atoms. The molecule has 5 heteroatoms. The van der Waals surface area contributed by atoms with E-state index < -0.39 is 0 Å². The van der Waals surface area contributed by atoms with E-state index in [1.165, 1.54) is 5.56 Å². The fraction of sp³-hybridized carbons (Fsp3) is 0.269. The molecule has 1 fully saturated rings. The molecule has 158 valence electrons. The van der Waals surface area contributed by atoms with Crippen LogP contribution < -0.4 is 19.1 Å². The molecule has 2 atom stereocenters. The van der Waals surface area contributed by atoms with Crippen LogP contribution >= 0.6 is 0 Å². The topological polar surface area (TPSA) is 48.0 Å².